The summed E-state index contributed by atoms with van der Waals surface area (Å²) in [4.78, 5) is 0. The van der Waals surface area contributed by atoms with Crippen molar-refractivity contribution in [2.75, 3.05) is 27.4 Å². The van der Waals surface area contributed by atoms with Gasteiger partial charge in [-0.2, -0.15) is 5.10 Å². The third-order valence-corrected chi connectivity index (χ3v) is 4.79. The normalized spacial score (nSPS) is 23.0. The molecule has 0 spiro atoms. The van der Waals surface area contributed by atoms with E-state index < -0.39 is 0 Å². The van der Waals surface area contributed by atoms with Crippen LogP contribution in [0.2, 0.25) is 0 Å². The number of ether oxygens (including phenoxy) is 2. The fourth-order valence-corrected chi connectivity index (χ4v) is 3.59. The Bertz CT molecular complexity index is 433. The lowest BCUT2D eigenvalue weighted by Gasteiger charge is -2.37. The van der Waals surface area contributed by atoms with Crippen LogP contribution in [-0.2, 0) is 16.0 Å². The predicted octanol–water partition coefficient (Wildman–Crippen LogP) is 2.76. The van der Waals surface area contributed by atoms with Crippen molar-refractivity contribution in [3.8, 4) is 0 Å². The zero-order valence-electron chi connectivity index (χ0n) is 13.1. The molecular formula is C15H26BrN3O2. The minimum Gasteiger partial charge on any atom is -0.383 e. The van der Waals surface area contributed by atoms with E-state index in [0.29, 0.717) is 18.8 Å². The highest BCUT2D eigenvalue weighted by Crippen LogP contribution is 2.38. The van der Waals surface area contributed by atoms with E-state index in [0.717, 1.165) is 30.0 Å². The van der Waals surface area contributed by atoms with E-state index in [9.17, 15) is 0 Å². The zero-order chi connectivity index (χ0) is 15.2. The number of rotatable bonds is 9. The number of hydrogen-bond donors (Lipinski definition) is 1. The van der Waals surface area contributed by atoms with Crippen molar-refractivity contribution in [1.82, 2.24) is 15.1 Å². The van der Waals surface area contributed by atoms with Crippen LogP contribution in [0.15, 0.2) is 10.7 Å². The van der Waals surface area contributed by atoms with E-state index in [4.69, 9.17) is 9.47 Å². The van der Waals surface area contributed by atoms with Gasteiger partial charge in [-0.15, -0.1) is 0 Å². The molecule has 0 amide bonds. The van der Waals surface area contributed by atoms with E-state index >= 15 is 0 Å². The molecule has 1 atom stereocenters. The van der Waals surface area contributed by atoms with Crippen LogP contribution < -0.4 is 5.32 Å². The Labute approximate surface area is 135 Å². The van der Waals surface area contributed by atoms with E-state index in [1.165, 1.54) is 18.5 Å². The number of nitrogens with zero attached hydrogens (tertiary/aromatic N) is 2. The van der Waals surface area contributed by atoms with E-state index in [2.05, 4.69) is 33.3 Å². The van der Waals surface area contributed by atoms with Gasteiger partial charge < -0.3 is 14.8 Å². The lowest BCUT2D eigenvalue weighted by atomic mass is 9.77. The van der Waals surface area contributed by atoms with E-state index in [-0.39, 0.29) is 0 Å². The minimum absolute atomic E-state index is 0.311. The molecule has 2 rings (SSSR count). The van der Waals surface area contributed by atoms with Crippen LogP contribution in [0.25, 0.3) is 0 Å². The molecule has 0 radical (unpaired) electrons. The molecule has 1 aliphatic carbocycles. The van der Waals surface area contributed by atoms with Gasteiger partial charge in [0.1, 0.15) is 0 Å². The number of nitrogens with one attached hydrogen (secondary N) is 1. The van der Waals surface area contributed by atoms with Gasteiger partial charge in [0, 0.05) is 13.7 Å². The summed E-state index contributed by atoms with van der Waals surface area (Å²) in [7, 11) is 3.74. The van der Waals surface area contributed by atoms with Gasteiger partial charge in [0.05, 0.1) is 41.7 Å². The smallest absolute Gasteiger partial charge is 0.0696 e. The Morgan fingerprint density at radius 1 is 1.52 bits per heavy atom. The minimum atomic E-state index is 0.311. The maximum Gasteiger partial charge on any atom is 0.0696 e. The van der Waals surface area contributed by atoms with Gasteiger partial charge in [0.15, 0.2) is 0 Å². The van der Waals surface area contributed by atoms with E-state index in [1.807, 2.05) is 17.9 Å². The Balaban J connectivity index is 1.96. The summed E-state index contributed by atoms with van der Waals surface area (Å²) >= 11 is 3.63. The Kier molecular flexibility index (Phi) is 6.67. The molecular weight excluding hydrogens is 334 g/mol. The Morgan fingerprint density at radius 3 is 2.90 bits per heavy atom. The molecule has 5 nitrogen and oxygen atoms in total. The van der Waals surface area contributed by atoms with Crippen molar-refractivity contribution >= 4 is 15.9 Å². The second kappa shape index (κ2) is 8.27. The molecule has 1 saturated carbocycles. The predicted molar refractivity (Wildman–Crippen MR) is 86.4 cm³/mol. The number of methoxy groups -OCH3 is 1. The lowest BCUT2D eigenvalue weighted by molar-refractivity contribution is -0.0292. The molecule has 0 saturated heterocycles. The number of halogens is 1. The molecule has 1 aliphatic rings. The molecule has 1 heterocycles. The van der Waals surface area contributed by atoms with Gasteiger partial charge in [0.25, 0.3) is 0 Å². The van der Waals surface area contributed by atoms with Crippen molar-refractivity contribution in [2.45, 2.75) is 44.9 Å². The second-order valence-electron chi connectivity index (χ2n) is 5.59. The quantitative estimate of drug-likeness (QED) is 0.736. The monoisotopic (exact) mass is 359 g/mol. The van der Waals surface area contributed by atoms with Crippen LogP contribution in [0.3, 0.4) is 0 Å². The molecule has 1 aromatic heterocycles. The molecule has 21 heavy (non-hydrogen) atoms. The zero-order valence-corrected chi connectivity index (χ0v) is 14.7. The summed E-state index contributed by atoms with van der Waals surface area (Å²) in [6.45, 7) is 4.34. The van der Waals surface area contributed by atoms with E-state index in [1.54, 1.807) is 7.11 Å². The van der Waals surface area contributed by atoms with Gasteiger partial charge >= 0.3 is 0 Å². The number of aromatic nitrogens is 2. The summed E-state index contributed by atoms with van der Waals surface area (Å²) in [5.41, 5.74) is 1.22. The summed E-state index contributed by atoms with van der Waals surface area (Å²) < 4.78 is 13.9. The standard InChI is InChI=1S/C15H26BrN3O2/c1-4-21-12-7-11(8-12)9-14(17-2)15-13(16)10-18-19(15)5-6-20-3/h10-12,14,17H,4-9H2,1-3H3. The summed E-state index contributed by atoms with van der Waals surface area (Å²) in [5.74, 6) is 0.733. The average molecular weight is 360 g/mol. The lowest BCUT2D eigenvalue weighted by Crippen LogP contribution is -2.34. The largest absolute Gasteiger partial charge is 0.383 e. The third-order valence-electron chi connectivity index (χ3n) is 4.18. The second-order valence-corrected chi connectivity index (χ2v) is 6.44. The van der Waals surface area contributed by atoms with Crippen molar-refractivity contribution < 1.29 is 9.47 Å². The highest BCUT2D eigenvalue weighted by atomic mass is 79.9. The molecule has 1 unspecified atom stereocenters. The van der Waals surface area contributed by atoms with Crippen molar-refractivity contribution in [2.24, 2.45) is 5.92 Å². The van der Waals surface area contributed by atoms with Gasteiger partial charge in [-0.25, -0.2) is 0 Å². The van der Waals surface area contributed by atoms with Crippen LogP contribution in [0.4, 0.5) is 0 Å². The first-order valence-corrected chi connectivity index (χ1v) is 8.47. The first-order valence-electron chi connectivity index (χ1n) is 7.68. The first-order chi connectivity index (χ1) is 10.2. The maximum absolute atomic E-state index is 5.65. The summed E-state index contributed by atoms with van der Waals surface area (Å²) in [5, 5.41) is 7.88. The van der Waals surface area contributed by atoms with Crippen molar-refractivity contribution in [1.29, 1.82) is 0 Å². The van der Waals surface area contributed by atoms with Crippen LogP contribution in [0.1, 0.15) is 37.9 Å². The molecule has 1 aromatic rings. The highest BCUT2D eigenvalue weighted by molar-refractivity contribution is 9.10. The first kappa shape index (κ1) is 16.9. The Morgan fingerprint density at radius 2 is 2.29 bits per heavy atom. The highest BCUT2D eigenvalue weighted by Gasteiger charge is 2.32. The summed E-state index contributed by atoms with van der Waals surface area (Å²) in [6, 6.07) is 0.311. The average Bonchev–Trinajstić information content (AvgIpc) is 2.80. The third kappa shape index (κ3) is 4.28. The topological polar surface area (TPSA) is 48.3 Å². The molecule has 0 aliphatic heterocycles. The van der Waals surface area contributed by atoms with Gasteiger partial charge in [-0.3, -0.25) is 4.68 Å². The number of hydrogen-bond acceptors (Lipinski definition) is 4. The molecule has 6 heteroatoms. The molecule has 0 bridgehead atoms. The van der Waals surface area contributed by atoms with Crippen LogP contribution >= 0.6 is 15.9 Å². The fraction of sp³-hybridized carbons (Fsp3) is 0.800. The van der Waals surface area contributed by atoms with Gasteiger partial charge in [-0.05, 0) is 55.1 Å². The maximum atomic E-state index is 5.65. The van der Waals surface area contributed by atoms with Crippen LogP contribution in [0.5, 0.6) is 0 Å². The van der Waals surface area contributed by atoms with Crippen LogP contribution in [0, 0.1) is 5.92 Å². The van der Waals surface area contributed by atoms with Crippen molar-refractivity contribution in [3.05, 3.63) is 16.4 Å². The van der Waals surface area contributed by atoms with Gasteiger partial charge in [0.2, 0.25) is 0 Å². The molecule has 1 N–H and O–H groups in total. The van der Waals surface area contributed by atoms with Gasteiger partial charge in [-0.1, -0.05) is 0 Å². The van der Waals surface area contributed by atoms with Crippen LogP contribution in [-0.4, -0.2) is 43.3 Å². The molecule has 0 aromatic carbocycles. The SMILES string of the molecule is CCOC1CC(CC(NC)c2c(Br)cnn2CCOC)C1. The molecule has 1 fully saturated rings. The fourth-order valence-electron chi connectivity index (χ4n) is 3.01. The molecule has 120 valence electrons. The Hall–Kier alpha value is -0.430. The van der Waals surface area contributed by atoms with Crippen molar-refractivity contribution in [3.63, 3.8) is 0 Å². The summed E-state index contributed by atoms with van der Waals surface area (Å²) in [6.07, 6.45) is 5.82.